The number of rotatable bonds is 5. The molecule has 23 heavy (non-hydrogen) atoms. The van der Waals surface area contributed by atoms with Crippen molar-refractivity contribution in [3.63, 3.8) is 0 Å². The Morgan fingerprint density at radius 3 is 2.43 bits per heavy atom. The van der Waals surface area contributed by atoms with Gasteiger partial charge in [-0.15, -0.1) is 0 Å². The fourth-order valence-corrected chi connectivity index (χ4v) is 2.76. The van der Waals surface area contributed by atoms with Crippen LogP contribution in [-0.4, -0.2) is 19.5 Å². The molecule has 0 bridgehead atoms. The largest absolute Gasteiger partial charge is 0.478 e. The molecule has 120 valence electrons. The number of halogens is 2. The molecule has 0 radical (unpaired) electrons. The highest BCUT2D eigenvalue weighted by molar-refractivity contribution is 7.95. The van der Waals surface area contributed by atoms with Gasteiger partial charge in [0.05, 0.1) is 11.1 Å². The van der Waals surface area contributed by atoms with Crippen molar-refractivity contribution in [2.75, 3.05) is 4.72 Å². The normalized spacial score (nSPS) is 11.6. The molecule has 0 aromatic heterocycles. The number of hydrogen-bond acceptors (Lipinski definition) is 3. The Hall–Kier alpha value is -2.38. The zero-order valence-electron chi connectivity index (χ0n) is 11.5. The lowest BCUT2D eigenvalue weighted by molar-refractivity contribution is 0.0693. The van der Waals surface area contributed by atoms with Gasteiger partial charge < -0.3 is 5.11 Å². The van der Waals surface area contributed by atoms with Gasteiger partial charge in [0.25, 0.3) is 10.0 Å². The second kappa shape index (κ2) is 6.80. The summed E-state index contributed by atoms with van der Waals surface area (Å²) in [7, 11) is -4.01. The number of carboxylic acids is 1. The summed E-state index contributed by atoms with van der Waals surface area (Å²) in [5.74, 6) is -2.60. The number of anilines is 1. The molecule has 0 aliphatic heterocycles. The van der Waals surface area contributed by atoms with E-state index < -0.39 is 27.4 Å². The van der Waals surface area contributed by atoms with Crippen molar-refractivity contribution in [3.05, 3.63) is 69.8 Å². The van der Waals surface area contributed by atoms with Gasteiger partial charge in [-0.1, -0.05) is 29.8 Å². The predicted octanol–water partition coefficient (Wildman–Crippen LogP) is 3.59. The van der Waals surface area contributed by atoms with Gasteiger partial charge >= 0.3 is 5.97 Å². The zero-order valence-corrected chi connectivity index (χ0v) is 13.1. The summed E-state index contributed by atoms with van der Waals surface area (Å²) in [4.78, 5) is 11.0. The molecule has 0 saturated carbocycles. The van der Waals surface area contributed by atoms with E-state index in [2.05, 4.69) is 0 Å². The second-order valence-electron chi connectivity index (χ2n) is 4.47. The van der Waals surface area contributed by atoms with Gasteiger partial charge in [-0.2, -0.15) is 0 Å². The summed E-state index contributed by atoms with van der Waals surface area (Å²) in [5.41, 5.74) is -0.508. The first-order valence-electron chi connectivity index (χ1n) is 6.27. The molecule has 2 N–H and O–H groups in total. The molecule has 5 nitrogen and oxygen atoms in total. The molecular weight excluding hydrogens is 345 g/mol. The van der Waals surface area contributed by atoms with Crippen molar-refractivity contribution in [1.82, 2.24) is 0 Å². The standard InChI is InChI=1S/C15H11ClFNO4S/c16-11-6-4-10(5-7-11)8-9-23(21,22)18-13-3-1-2-12(17)14(13)15(19)20/h1-9,18H,(H,19,20). The van der Waals surface area contributed by atoms with Crippen LogP contribution in [-0.2, 0) is 10.0 Å². The minimum absolute atomic E-state index is 0.349. The van der Waals surface area contributed by atoms with Gasteiger partial charge in [0.1, 0.15) is 11.4 Å². The summed E-state index contributed by atoms with van der Waals surface area (Å²) in [6.07, 6.45) is 1.30. The molecule has 0 heterocycles. The molecule has 0 amide bonds. The van der Waals surface area contributed by atoms with E-state index in [0.29, 0.717) is 10.6 Å². The van der Waals surface area contributed by atoms with E-state index in [0.717, 1.165) is 11.5 Å². The highest BCUT2D eigenvalue weighted by Crippen LogP contribution is 2.21. The van der Waals surface area contributed by atoms with Gasteiger partial charge in [-0.3, -0.25) is 4.72 Å². The second-order valence-corrected chi connectivity index (χ2v) is 6.47. The monoisotopic (exact) mass is 355 g/mol. The van der Waals surface area contributed by atoms with Crippen LogP contribution in [0.5, 0.6) is 0 Å². The van der Waals surface area contributed by atoms with Crippen molar-refractivity contribution in [1.29, 1.82) is 0 Å². The smallest absolute Gasteiger partial charge is 0.340 e. The Bertz CT molecular complexity index is 864. The van der Waals surface area contributed by atoms with Crippen LogP contribution in [0.15, 0.2) is 47.9 Å². The summed E-state index contributed by atoms with van der Waals surface area (Å²) >= 11 is 5.73. The molecular formula is C15H11ClFNO4S. The third kappa shape index (κ3) is 4.54. The number of carboxylic acid groups (broad SMARTS) is 1. The first-order valence-corrected chi connectivity index (χ1v) is 8.19. The van der Waals surface area contributed by atoms with Gasteiger partial charge in [0.2, 0.25) is 0 Å². The highest BCUT2D eigenvalue weighted by Gasteiger charge is 2.18. The van der Waals surface area contributed by atoms with Gasteiger partial charge in [-0.05, 0) is 35.9 Å². The van der Waals surface area contributed by atoms with E-state index in [1.165, 1.54) is 18.2 Å². The molecule has 2 rings (SSSR count). The number of aromatic carboxylic acids is 1. The van der Waals surface area contributed by atoms with Crippen LogP contribution in [0, 0.1) is 5.82 Å². The number of benzene rings is 2. The number of sulfonamides is 1. The molecule has 0 saturated heterocycles. The van der Waals surface area contributed by atoms with Crippen LogP contribution in [0.25, 0.3) is 6.08 Å². The molecule has 0 aliphatic rings. The third-order valence-electron chi connectivity index (χ3n) is 2.79. The molecule has 2 aromatic carbocycles. The summed E-state index contributed by atoms with van der Waals surface area (Å²) in [6, 6.07) is 9.72. The maximum Gasteiger partial charge on any atom is 0.340 e. The Balaban J connectivity index is 2.27. The van der Waals surface area contributed by atoms with E-state index >= 15 is 0 Å². The van der Waals surface area contributed by atoms with Gasteiger partial charge in [-0.25, -0.2) is 17.6 Å². The minimum atomic E-state index is -4.01. The number of nitrogens with one attached hydrogen (secondary N) is 1. The SMILES string of the molecule is O=C(O)c1c(F)cccc1NS(=O)(=O)C=Cc1ccc(Cl)cc1. The Labute approximate surface area is 137 Å². The van der Waals surface area contributed by atoms with Crippen molar-refractivity contribution < 1.29 is 22.7 Å². The van der Waals surface area contributed by atoms with Gasteiger partial charge in [0, 0.05) is 5.02 Å². The van der Waals surface area contributed by atoms with E-state index in [9.17, 15) is 17.6 Å². The first kappa shape index (κ1) is 17.0. The Morgan fingerprint density at radius 2 is 1.83 bits per heavy atom. The predicted molar refractivity (Wildman–Crippen MR) is 86.4 cm³/mol. The summed E-state index contributed by atoms with van der Waals surface area (Å²) in [6.45, 7) is 0. The molecule has 8 heteroatoms. The first-order chi connectivity index (χ1) is 10.8. The lowest BCUT2D eigenvalue weighted by Crippen LogP contribution is -2.13. The Morgan fingerprint density at radius 1 is 1.17 bits per heavy atom. The van der Waals surface area contributed by atoms with E-state index in [1.54, 1.807) is 24.3 Å². The van der Waals surface area contributed by atoms with Crippen molar-refractivity contribution >= 4 is 39.4 Å². The Kier molecular flexibility index (Phi) is 5.02. The molecule has 2 aromatic rings. The third-order valence-corrected chi connectivity index (χ3v) is 4.04. The van der Waals surface area contributed by atoms with Crippen LogP contribution in [0.2, 0.25) is 5.02 Å². The van der Waals surface area contributed by atoms with Crippen LogP contribution in [0.1, 0.15) is 15.9 Å². The quantitative estimate of drug-likeness (QED) is 0.858. The minimum Gasteiger partial charge on any atom is -0.478 e. The molecule has 0 fully saturated rings. The zero-order chi connectivity index (χ0) is 17.0. The average Bonchev–Trinajstić information content (AvgIpc) is 2.46. The van der Waals surface area contributed by atoms with Crippen LogP contribution >= 0.6 is 11.6 Å². The fourth-order valence-electron chi connectivity index (χ4n) is 1.76. The van der Waals surface area contributed by atoms with E-state index in [-0.39, 0.29) is 5.69 Å². The topological polar surface area (TPSA) is 83.5 Å². The molecule has 0 aliphatic carbocycles. The highest BCUT2D eigenvalue weighted by atomic mass is 35.5. The van der Waals surface area contributed by atoms with Crippen molar-refractivity contribution in [2.24, 2.45) is 0 Å². The summed E-state index contributed by atoms with van der Waals surface area (Å²) < 4.78 is 39.5. The maximum absolute atomic E-state index is 13.5. The van der Waals surface area contributed by atoms with Crippen molar-refractivity contribution in [3.8, 4) is 0 Å². The number of carbonyl (C=O) groups is 1. The van der Waals surface area contributed by atoms with E-state index in [4.69, 9.17) is 16.7 Å². The maximum atomic E-state index is 13.5. The van der Waals surface area contributed by atoms with Gasteiger partial charge in [0.15, 0.2) is 0 Å². The van der Waals surface area contributed by atoms with Crippen LogP contribution < -0.4 is 4.72 Å². The average molecular weight is 356 g/mol. The number of hydrogen-bond donors (Lipinski definition) is 2. The summed E-state index contributed by atoms with van der Waals surface area (Å²) in [5, 5.41) is 10.3. The van der Waals surface area contributed by atoms with Crippen LogP contribution in [0.3, 0.4) is 0 Å². The molecule has 0 atom stereocenters. The lowest BCUT2D eigenvalue weighted by atomic mass is 10.2. The fraction of sp³-hybridized carbons (Fsp3) is 0. The molecule has 0 unspecified atom stereocenters. The van der Waals surface area contributed by atoms with Crippen molar-refractivity contribution in [2.45, 2.75) is 0 Å². The molecule has 0 spiro atoms. The van der Waals surface area contributed by atoms with E-state index in [1.807, 2.05) is 4.72 Å². The lowest BCUT2D eigenvalue weighted by Gasteiger charge is -2.08. The van der Waals surface area contributed by atoms with Crippen LogP contribution in [0.4, 0.5) is 10.1 Å².